The molecule has 0 aromatic heterocycles. The molecule has 0 amide bonds. The van der Waals surface area contributed by atoms with Gasteiger partial charge in [0, 0.05) is 0 Å². The third-order valence-electron chi connectivity index (χ3n) is 7.62. The maximum atomic E-state index is 5.92. The van der Waals surface area contributed by atoms with Crippen LogP contribution >= 0.6 is 9.29 Å². The summed E-state index contributed by atoms with van der Waals surface area (Å²) in [5.41, 5.74) is 0. The molecule has 0 unspecified atom stereocenters. The van der Waals surface area contributed by atoms with Crippen molar-refractivity contribution in [3.63, 3.8) is 0 Å². The molecule has 0 saturated heterocycles. The molecule has 0 N–H and O–H groups in total. The average Bonchev–Trinajstić information content (AvgIpc) is 2.84. The summed E-state index contributed by atoms with van der Waals surface area (Å²) in [6, 6.07) is 0. The summed E-state index contributed by atoms with van der Waals surface area (Å²) in [6.07, 6.45) is 41.1. The van der Waals surface area contributed by atoms with E-state index in [4.69, 9.17) is 9.29 Å². The van der Waals surface area contributed by atoms with Crippen molar-refractivity contribution in [2.24, 2.45) is 0 Å². The summed E-state index contributed by atoms with van der Waals surface area (Å²) in [5.74, 6) is 0. The fourth-order valence-corrected chi connectivity index (χ4v) is 11.5. The third-order valence-corrected chi connectivity index (χ3v) is 15.6. The Morgan fingerprint density at radius 1 is 0.294 bits per heavy atom. The van der Waals surface area contributed by atoms with E-state index in [0.717, 1.165) is 0 Å². The van der Waals surface area contributed by atoms with Crippen molar-refractivity contribution in [1.82, 2.24) is 0 Å². The summed E-state index contributed by atoms with van der Waals surface area (Å²) >= 11 is -1.36. The second kappa shape index (κ2) is 32.0. The topological polar surface area (TPSA) is 0 Å². The molecule has 0 spiro atoms. The van der Waals surface area contributed by atoms with Crippen LogP contribution in [-0.4, -0.2) is 17.8 Å². The summed E-state index contributed by atoms with van der Waals surface area (Å²) in [7, 11) is 5.92. The fourth-order valence-electron chi connectivity index (χ4n) is 5.16. The van der Waals surface area contributed by atoms with Gasteiger partial charge in [-0.05, 0) is 0 Å². The van der Waals surface area contributed by atoms with Crippen LogP contribution in [0.2, 0.25) is 8.87 Å². The van der Waals surface area contributed by atoms with Crippen molar-refractivity contribution in [3.05, 3.63) is 0 Å². The zero-order valence-corrected chi connectivity index (χ0v) is 27.8. The number of hydrogen-bond donors (Lipinski definition) is 0. The van der Waals surface area contributed by atoms with Crippen molar-refractivity contribution >= 4 is 27.1 Å². The van der Waals surface area contributed by atoms with Crippen molar-refractivity contribution < 1.29 is 0 Å². The van der Waals surface area contributed by atoms with Gasteiger partial charge in [-0.25, -0.2) is 0 Å². The molecule has 0 atom stereocenters. The van der Waals surface area contributed by atoms with Gasteiger partial charge in [0.1, 0.15) is 0 Å². The Labute approximate surface area is 228 Å². The molecule has 0 rings (SSSR count). The molecule has 0 radical (unpaired) electrons. The van der Waals surface area contributed by atoms with Crippen LogP contribution in [0.25, 0.3) is 0 Å². The molecule has 2 heteroatoms. The first kappa shape index (κ1) is 35.0. The summed E-state index contributed by atoms with van der Waals surface area (Å²) in [4.78, 5) is 0. The monoisotopic (exact) mass is 602 g/mol. The molecule has 34 heavy (non-hydrogen) atoms. The zero-order chi connectivity index (χ0) is 24.8. The predicted molar refractivity (Wildman–Crippen MR) is 164 cm³/mol. The Hall–Kier alpha value is 1.02. The molecule has 0 nitrogen and oxygen atoms in total. The van der Waals surface area contributed by atoms with E-state index in [9.17, 15) is 0 Å². The van der Waals surface area contributed by atoms with Crippen LogP contribution in [0, 0.1) is 0 Å². The quantitative estimate of drug-likeness (QED) is 0.0583. The van der Waals surface area contributed by atoms with Gasteiger partial charge in [-0.15, -0.1) is 0 Å². The molecule has 0 aromatic carbocycles. The average molecular weight is 602 g/mol. The Balaban J connectivity index is 3.14. The van der Waals surface area contributed by atoms with Crippen LogP contribution in [-0.2, 0) is 0 Å². The molecule has 0 aliphatic heterocycles. The van der Waals surface area contributed by atoms with Crippen LogP contribution in [0.15, 0.2) is 0 Å². The summed E-state index contributed by atoms with van der Waals surface area (Å²) < 4.78 is 2.99. The number of hydrogen-bond acceptors (Lipinski definition) is 1. The van der Waals surface area contributed by atoms with Gasteiger partial charge < -0.3 is 0 Å². The van der Waals surface area contributed by atoms with Crippen LogP contribution in [0.5, 0.6) is 0 Å². The predicted octanol–water partition coefficient (Wildman–Crippen LogP) is 13.1. The molecule has 0 fully saturated rings. The van der Waals surface area contributed by atoms with E-state index in [2.05, 4.69) is 13.8 Å². The minimum Gasteiger partial charge on any atom is -0.0654 e. The smallest absolute Gasteiger partial charge is 0.0654 e. The minimum atomic E-state index is -1.36. The van der Waals surface area contributed by atoms with Crippen molar-refractivity contribution in [2.45, 2.75) is 203 Å². The molecule has 0 aromatic rings. The Morgan fingerprint density at radius 3 is 0.676 bits per heavy atom. The van der Waals surface area contributed by atoms with E-state index >= 15 is 0 Å². The van der Waals surface area contributed by atoms with Crippen LogP contribution in [0.3, 0.4) is 0 Å². The van der Waals surface area contributed by atoms with Crippen LogP contribution in [0.4, 0.5) is 0 Å². The second-order valence-corrected chi connectivity index (χ2v) is 21.0. The molecule has 0 heterocycles. The third kappa shape index (κ3) is 31.0. The van der Waals surface area contributed by atoms with Gasteiger partial charge in [-0.1, -0.05) is 52.4 Å². The second-order valence-electron chi connectivity index (χ2n) is 11.2. The standard InChI is InChI=1S/2C16H33.S.Sn/c2*1-3-5-7-9-11-13-15-16-14-12-10-8-6-4-2;;/h2*1,3-16H2,2H3;;. The molecule has 0 saturated carbocycles. The number of rotatable bonds is 30. The Morgan fingerprint density at radius 2 is 0.471 bits per heavy atom. The van der Waals surface area contributed by atoms with Gasteiger partial charge in [0.05, 0.1) is 0 Å². The van der Waals surface area contributed by atoms with Gasteiger partial charge in [0.2, 0.25) is 0 Å². The molecule has 0 aliphatic carbocycles. The SMILES string of the molecule is CCCCCCCCCCCCCCC[CH2][Sn](=[S])[CH2]CCCCCCCCCCCCCCC. The van der Waals surface area contributed by atoms with E-state index in [1.54, 1.807) is 0 Å². The van der Waals surface area contributed by atoms with Crippen LogP contribution in [0.1, 0.15) is 194 Å². The molecule has 0 bridgehead atoms. The van der Waals surface area contributed by atoms with E-state index in [1.807, 2.05) is 0 Å². The van der Waals surface area contributed by atoms with Crippen molar-refractivity contribution in [2.75, 3.05) is 0 Å². The van der Waals surface area contributed by atoms with Crippen molar-refractivity contribution in [1.29, 1.82) is 0 Å². The van der Waals surface area contributed by atoms with E-state index in [1.165, 1.54) is 189 Å². The first-order valence-corrected chi connectivity index (χ1v) is 24.3. The fraction of sp³-hybridized carbons (Fsp3) is 1.00. The minimum absolute atomic E-state index is 1.36. The Kier molecular flexibility index (Phi) is 33.0. The van der Waals surface area contributed by atoms with Gasteiger partial charge in [0.25, 0.3) is 0 Å². The van der Waals surface area contributed by atoms with Gasteiger partial charge in [-0.2, -0.15) is 0 Å². The molecular weight excluding hydrogens is 535 g/mol. The molecule has 0 aliphatic rings. The molecule has 204 valence electrons. The van der Waals surface area contributed by atoms with E-state index in [-0.39, 0.29) is 0 Å². The van der Waals surface area contributed by atoms with Crippen LogP contribution < -0.4 is 0 Å². The van der Waals surface area contributed by atoms with Gasteiger partial charge >= 0.3 is 177 Å². The first-order valence-electron chi connectivity index (χ1n) is 16.3. The Bertz CT molecular complexity index is 347. The van der Waals surface area contributed by atoms with E-state index < -0.39 is 17.8 Å². The van der Waals surface area contributed by atoms with Gasteiger partial charge in [0.15, 0.2) is 0 Å². The number of unbranched alkanes of at least 4 members (excludes halogenated alkanes) is 26. The van der Waals surface area contributed by atoms with Crippen molar-refractivity contribution in [3.8, 4) is 0 Å². The summed E-state index contributed by atoms with van der Waals surface area (Å²) in [6.45, 7) is 4.61. The normalized spacial score (nSPS) is 11.4. The summed E-state index contributed by atoms with van der Waals surface area (Å²) in [5, 5.41) is 0. The first-order chi connectivity index (χ1) is 16.8. The van der Waals surface area contributed by atoms with E-state index in [0.29, 0.717) is 0 Å². The maximum absolute atomic E-state index is 5.92. The van der Waals surface area contributed by atoms with Gasteiger partial charge in [-0.3, -0.25) is 0 Å². The zero-order valence-electron chi connectivity index (χ0n) is 24.1. The molecular formula is C32H66SSn.